The first-order valence-electron chi connectivity index (χ1n) is 8.59. The predicted molar refractivity (Wildman–Crippen MR) is 99.9 cm³/mol. The number of nitrogens with one attached hydrogen (secondary N) is 1. The van der Waals surface area contributed by atoms with Crippen LogP contribution in [-0.4, -0.2) is 57.4 Å². The molecule has 1 aromatic heterocycles. The van der Waals surface area contributed by atoms with Crippen LogP contribution in [0.1, 0.15) is 25.7 Å². The number of hydrogen-bond acceptors (Lipinski definition) is 6. The quantitative estimate of drug-likeness (QED) is 0.773. The van der Waals surface area contributed by atoms with Crippen LogP contribution in [0.5, 0.6) is 0 Å². The van der Waals surface area contributed by atoms with Crippen molar-refractivity contribution in [2.45, 2.75) is 30.8 Å². The molecule has 3 rings (SSSR count). The second-order valence-electron chi connectivity index (χ2n) is 6.25. The minimum atomic E-state index is 0.0101. The van der Waals surface area contributed by atoms with E-state index in [0.717, 1.165) is 31.0 Å². The van der Waals surface area contributed by atoms with Gasteiger partial charge in [0.2, 0.25) is 5.91 Å². The lowest BCUT2D eigenvalue weighted by Gasteiger charge is -2.34. The van der Waals surface area contributed by atoms with Gasteiger partial charge in [-0.25, -0.2) is 10.0 Å². The maximum atomic E-state index is 12.3. The summed E-state index contributed by atoms with van der Waals surface area (Å²) in [5, 5.41) is 15.6. The van der Waals surface area contributed by atoms with Crippen molar-refractivity contribution in [2.24, 2.45) is 0 Å². The molecule has 1 aliphatic heterocycles. The van der Waals surface area contributed by atoms with E-state index in [1.165, 1.54) is 19.3 Å². The summed E-state index contributed by atoms with van der Waals surface area (Å²) in [4.78, 5) is 12.3. The van der Waals surface area contributed by atoms with Gasteiger partial charge in [-0.2, -0.15) is 0 Å². The Hall–Kier alpha value is -1.90. The topological polar surface area (TPSA) is 66.3 Å². The average molecular weight is 360 g/mol. The Morgan fingerprint density at radius 2 is 2.12 bits per heavy atom. The van der Waals surface area contributed by atoms with Gasteiger partial charge in [0.15, 0.2) is 5.16 Å². The highest BCUT2D eigenvalue weighted by atomic mass is 32.1. The molecule has 0 aliphatic carbocycles. The molecule has 1 fully saturated rings. The minimum absolute atomic E-state index is 0.0101. The minimum Gasteiger partial charge on any atom is -0.326 e. The van der Waals surface area contributed by atoms with Crippen molar-refractivity contribution >= 4 is 24.2 Å². The molecule has 2 heterocycles. The molecule has 25 heavy (non-hydrogen) atoms. The van der Waals surface area contributed by atoms with Gasteiger partial charge < -0.3 is 5.32 Å². The molecule has 0 bridgehead atoms. The molecule has 0 unspecified atom stereocenters. The van der Waals surface area contributed by atoms with Crippen LogP contribution < -0.4 is 5.32 Å². The number of hydrazine groups is 1. The number of rotatable bonds is 6. The van der Waals surface area contributed by atoms with Crippen molar-refractivity contribution in [1.29, 1.82) is 0 Å². The lowest BCUT2D eigenvalue weighted by molar-refractivity contribution is -0.117. The predicted octanol–water partition coefficient (Wildman–Crippen LogP) is 2.22. The van der Waals surface area contributed by atoms with Crippen LogP contribution in [0.2, 0.25) is 0 Å². The molecule has 7 nitrogen and oxygen atoms in total. The molecule has 1 amide bonds. The number of anilines is 1. The molecular weight excluding hydrogens is 336 g/mol. The molecule has 1 saturated heterocycles. The van der Waals surface area contributed by atoms with Gasteiger partial charge in [-0.15, -0.1) is 22.8 Å². The fourth-order valence-electron chi connectivity index (χ4n) is 2.99. The Morgan fingerprint density at radius 1 is 1.32 bits per heavy atom. The van der Waals surface area contributed by atoms with Crippen LogP contribution in [0.4, 0.5) is 5.69 Å². The normalized spacial score (nSPS) is 15.5. The van der Waals surface area contributed by atoms with E-state index in [9.17, 15) is 4.79 Å². The van der Waals surface area contributed by atoms with Crippen LogP contribution in [0.25, 0.3) is 5.69 Å². The van der Waals surface area contributed by atoms with E-state index < -0.39 is 0 Å². The summed E-state index contributed by atoms with van der Waals surface area (Å²) in [6, 6.07) is 7.56. The van der Waals surface area contributed by atoms with Gasteiger partial charge >= 0.3 is 0 Å². The summed E-state index contributed by atoms with van der Waals surface area (Å²) in [5.41, 5.74) is 1.61. The molecule has 0 radical (unpaired) electrons. The SMILES string of the molecule is CN(CCC(=O)Nc1cccc(-n2cnnc2S)c1)N1CCCCC1. The van der Waals surface area contributed by atoms with E-state index in [1.807, 2.05) is 24.3 Å². The molecule has 1 aromatic carbocycles. The Labute approximate surface area is 153 Å². The Balaban J connectivity index is 1.53. The number of nitrogens with zero attached hydrogens (tertiary/aromatic N) is 5. The number of thiol groups is 1. The lowest BCUT2D eigenvalue weighted by atomic mass is 10.2. The Kier molecular flexibility index (Phi) is 6.06. The Bertz CT molecular complexity index is 713. The zero-order chi connectivity index (χ0) is 17.6. The van der Waals surface area contributed by atoms with Crippen molar-refractivity contribution in [2.75, 3.05) is 32.0 Å². The molecule has 2 aromatic rings. The van der Waals surface area contributed by atoms with E-state index in [4.69, 9.17) is 0 Å². The molecule has 134 valence electrons. The molecule has 0 atom stereocenters. The summed E-state index contributed by atoms with van der Waals surface area (Å²) in [5.74, 6) is 0.0101. The smallest absolute Gasteiger partial charge is 0.225 e. The first-order valence-corrected chi connectivity index (χ1v) is 9.03. The standard InChI is InChI=1S/C17H24N6OS/c1-21(22-9-3-2-4-10-22)11-8-16(24)19-14-6-5-7-15(12-14)23-13-18-20-17(23)25/h5-7,12-13H,2-4,8-11H2,1H3,(H,19,24)(H,20,25). The molecule has 1 aliphatic rings. The van der Waals surface area contributed by atoms with E-state index >= 15 is 0 Å². The van der Waals surface area contributed by atoms with Crippen molar-refractivity contribution in [3.63, 3.8) is 0 Å². The summed E-state index contributed by atoms with van der Waals surface area (Å²) < 4.78 is 1.75. The first kappa shape index (κ1) is 17.9. The van der Waals surface area contributed by atoms with E-state index in [-0.39, 0.29) is 5.91 Å². The third-order valence-electron chi connectivity index (χ3n) is 4.42. The van der Waals surface area contributed by atoms with E-state index in [2.05, 4.69) is 45.2 Å². The van der Waals surface area contributed by atoms with Gasteiger partial charge in [-0.1, -0.05) is 12.5 Å². The molecular formula is C17H24N6OS. The van der Waals surface area contributed by atoms with Gasteiger partial charge in [0.05, 0.1) is 5.69 Å². The number of carbonyl (C=O) groups is 1. The average Bonchev–Trinajstić information content (AvgIpc) is 3.06. The monoisotopic (exact) mass is 360 g/mol. The maximum absolute atomic E-state index is 12.3. The number of benzene rings is 1. The van der Waals surface area contributed by atoms with Crippen LogP contribution in [0.3, 0.4) is 0 Å². The molecule has 8 heteroatoms. The summed E-state index contributed by atoms with van der Waals surface area (Å²) >= 11 is 4.26. The van der Waals surface area contributed by atoms with Crippen LogP contribution in [0.15, 0.2) is 35.7 Å². The van der Waals surface area contributed by atoms with Gasteiger partial charge in [-0.05, 0) is 31.0 Å². The largest absolute Gasteiger partial charge is 0.326 e. The molecule has 0 spiro atoms. The van der Waals surface area contributed by atoms with Gasteiger partial charge in [0, 0.05) is 38.8 Å². The van der Waals surface area contributed by atoms with Crippen LogP contribution in [0, 0.1) is 0 Å². The Morgan fingerprint density at radius 3 is 2.84 bits per heavy atom. The van der Waals surface area contributed by atoms with Crippen LogP contribution in [-0.2, 0) is 4.79 Å². The third kappa shape index (κ3) is 4.81. The summed E-state index contributed by atoms with van der Waals surface area (Å²) in [6.07, 6.45) is 5.83. The number of carbonyl (C=O) groups excluding carboxylic acids is 1. The van der Waals surface area contributed by atoms with Gasteiger partial charge in [0.25, 0.3) is 0 Å². The number of aromatic nitrogens is 3. The zero-order valence-electron chi connectivity index (χ0n) is 14.4. The molecule has 0 saturated carbocycles. The van der Waals surface area contributed by atoms with Crippen molar-refractivity contribution in [1.82, 2.24) is 24.8 Å². The third-order valence-corrected chi connectivity index (χ3v) is 4.72. The second kappa shape index (κ2) is 8.46. The number of amides is 1. The highest BCUT2D eigenvalue weighted by molar-refractivity contribution is 7.80. The second-order valence-corrected chi connectivity index (χ2v) is 6.65. The van der Waals surface area contributed by atoms with E-state index in [1.54, 1.807) is 10.9 Å². The fraction of sp³-hybridized carbons (Fsp3) is 0.471. The number of hydrogen-bond donors (Lipinski definition) is 2. The fourth-order valence-corrected chi connectivity index (χ4v) is 3.21. The van der Waals surface area contributed by atoms with Crippen molar-refractivity contribution < 1.29 is 4.79 Å². The van der Waals surface area contributed by atoms with Gasteiger partial charge in [0.1, 0.15) is 6.33 Å². The highest BCUT2D eigenvalue weighted by Gasteiger charge is 2.15. The van der Waals surface area contributed by atoms with Gasteiger partial charge in [-0.3, -0.25) is 9.36 Å². The highest BCUT2D eigenvalue weighted by Crippen LogP contribution is 2.17. The zero-order valence-corrected chi connectivity index (χ0v) is 15.3. The maximum Gasteiger partial charge on any atom is 0.225 e. The summed E-state index contributed by atoms with van der Waals surface area (Å²) in [6.45, 7) is 2.90. The lowest BCUT2D eigenvalue weighted by Crippen LogP contribution is -2.44. The van der Waals surface area contributed by atoms with Crippen molar-refractivity contribution in [3.05, 3.63) is 30.6 Å². The first-order chi connectivity index (χ1) is 12.1. The molecule has 1 N–H and O–H groups in total. The van der Waals surface area contributed by atoms with E-state index in [0.29, 0.717) is 11.6 Å². The summed E-state index contributed by atoms with van der Waals surface area (Å²) in [7, 11) is 2.06. The number of piperidine rings is 1. The van der Waals surface area contributed by atoms with Crippen LogP contribution >= 0.6 is 12.6 Å². The van der Waals surface area contributed by atoms with Crippen molar-refractivity contribution in [3.8, 4) is 5.69 Å².